The third kappa shape index (κ3) is 2.60. The number of likely N-dealkylation sites (tertiary alicyclic amines) is 1. The van der Waals surface area contributed by atoms with Crippen molar-refractivity contribution < 1.29 is 0 Å². The predicted octanol–water partition coefficient (Wildman–Crippen LogP) is 3.03. The molecule has 1 N–H and O–H groups in total. The molecule has 0 aromatic heterocycles. The second kappa shape index (κ2) is 5.50. The Morgan fingerprint density at radius 1 is 1.00 bits per heavy atom. The molecular weight excluding hydrogens is 220 g/mol. The second-order valence-electron chi connectivity index (χ2n) is 7.17. The van der Waals surface area contributed by atoms with Crippen LogP contribution in [0.1, 0.15) is 57.8 Å². The monoisotopic (exact) mass is 250 g/mol. The summed E-state index contributed by atoms with van der Waals surface area (Å²) in [5.74, 6) is 0.947. The van der Waals surface area contributed by atoms with Crippen LogP contribution in [-0.4, -0.2) is 37.6 Å². The first-order valence-electron chi connectivity index (χ1n) is 8.20. The summed E-state index contributed by atoms with van der Waals surface area (Å²) in [6, 6.07) is 0.873. The van der Waals surface area contributed by atoms with E-state index in [-0.39, 0.29) is 0 Å². The maximum Gasteiger partial charge on any atom is 0.0124 e. The van der Waals surface area contributed by atoms with Gasteiger partial charge in [0, 0.05) is 6.04 Å². The molecule has 3 rings (SSSR count). The highest BCUT2D eigenvalue weighted by Gasteiger charge is 2.46. The standard InChI is InChI=1S/C16H30N2/c1-18-11-6-14(7-12-18)13-17-15-5-10-16(15)8-3-2-4-9-16/h14-15,17H,2-13H2,1H3. The van der Waals surface area contributed by atoms with Crippen molar-refractivity contribution in [3.63, 3.8) is 0 Å². The molecule has 0 amide bonds. The Hall–Kier alpha value is -0.0800. The molecule has 3 aliphatic rings. The van der Waals surface area contributed by atoms with Gasteiger partial charge in [-0.25, -0.2) is 0 Å². The van der Waals surface area contributed by atoms with Gasteiger partial charge in [0.1, 0.15) is 0 Å². The van der Waals surface area contributed by atoms with Crippen molar-refractivity contribution >= 4 is 0 Å². The van der Waals surface area contributed by atoms with Gasteiger partial charge in [0.15, 0.2) is 0 Å². The highest BCUT2D eigenvalue weighted by atomic mass is 15.1. The molecule has 1 unspecified atom stereocenters. The molecule has 2 aliphatic carbocycles. The fourth-order valence-electron chi connectivity index (χ4n) is 4.44. The number of hydrogen-bond donors (Lipinski definition) is 1. The summed E-state index contributed by atoms with van der Waals surface area (Å²) in [5.41, 5.74) is 0.740. The molecule has 1 atom stereocenters. The van der Waals surface area contributed by atoms with Gasteiger partial charge < -0.3 is 10.2 Å². The second-order valence-corrected chi connectivity index (χ2v) is 7.17. The lowest BCUT2D eigenvalue weighted by Gasteiger charge is -2.53. The third-order valence-electron chi connectivity index (χ3n) is 6.01. The van der Waals surface area contributed by atoms with Crippen LogP contribution in [0.3, 0.4) is 0 Å². The van der Waals surface area contributed by atoms with E-state index in [0.717, 1.165) is 17.4 Å². The van der Waals surface area contributed by atoms with E-state index in [0.29, 0.717) is 0 Å². The van der Waals surface area contributed by atoms with E-state index in [4.69, 9.17) is 0 Å². The topological polar surface area (TPSA) is 15.3 Å². The highest BCUT2D eigenvalue weighted by molar-refractivity contribution is 5.01. The molecule has 2 nitrogen and oxygen atoms in total. The van der Waals surface area contributed by atoms with Gasteiger partial charge in [-0.1, -0.05) is 19.3 Å². The quantitative estimate of drug-likeness (QED) is 0.828. The van der Waals surface area contributed by atoms with E-state index >= 15 is 0 Å². The highest BCUT2D eigenvalue weighted by Crippen LogP contribution is 2.51. The average molecular weight is 250 g/mol. The lowest BCUT2D eigenvalue weighted by molar-refractivity contribution is 0.0194. The molecule has 0 aromatic carbocycles. The predicted molar refractivity (Wildman–Crippen MR) is 76.8 cm³/mol. The molecular formula is C16H30N2. The minimum absolute atomic E-state index is 0.740. The maximum absolute atomic E-state index is 3.95. The van der Waals surface area contributed by atoms with E-state index in [1.165, 1.54) is 77.4 Å². The van der Waals surface area contributed by atoms with Gasteiger partial charge in [-0.3, -0.25) is 0 Å². The first kappa shape index (κ1) is 12.9. The molecule has 1 aliphatic heterocycles. The fraction of sp³-hybridized carbons (Fsp3) is 1.00. The summed E-state index contributed by atoms with van der Waals surface area (Å²) in [7, 11) is 2.26. The summed E-state index contributed by atoms with van der Waals surface area (Å²) in [4.78, 5) is 2.47. The molecule has 0 radical (unpaired) electrons. The van der Waals surface area contributed by atoms with Crippen LogP contribution in [-0.2, 0) is 0 Å². The molecule has 2 saturated carbocycles. The Kier molecular flexibility index (Phi) is 3.95. The first-order valence-corrected chi connectivity index (χ1v) is 8.20. The van der Waals surface area contributed by atoms with Crippen molar-refractivity contribution in [1.29, 1.82) is 0 Å². The van der Waals surface area contributed by atoms with Crippen molar-refractivity contribution in [3.8, 4) is 0 Å². The first-order chi connectivity index (χ1) is 8.78. The number of piperidine rings is 1. The van der Waals surface area contributed by atoms with Gasteiger partial charge in [-0.2, -0.15) is 0 Å². The Morgan fingerprint density at radius 3 is 2.33 bits per heavy atom. The SMILES string of the molecule is CN1CCC(CNC2CCC23CCCCC3)CC1. The molecule has 1 saturated heterocycles. The Morgan fingerprint density at radius 2 is 1.72 bits per heavy atom. The van der Waals surface area contributed by atoms with Crippen LogP contribution in [0.25, 0.3) is 0 Å². The molecule has 18 heavy (non-hydrogen) atoms. The minimum atomic E-state index is 0.740. The Labute approximate surface area is 113 Å². The zero-order valence-corrected chi connectivity index (χ0v) is 12.1. The van der Waals surface area contributed by atoms with Gasteiger partial charge in [-0.05, 0) is 76.5 Å². The van der Waals surface area contributed by atoms with Crippen LogP contribution in [0, 0.1) is 11.3 Å². The molecule has 0 bridgehead atoms. The minimum Gasteiger partial charge on any atom is -0.313 e. The lowest BCUT2D eigenvalue weighted by Crippen LogP contribution is -2.55. The number of nitrogens with zero attached hydrogens (tertiary/aromatic N) is 1. The van der Waals surface area contributed by atoms with E-state index in [2.05, 4.69) is 17.3 Å². The number of nitrogens with one attached hydrogen (secondary N) is 1. The van der Waals surface area contributed by atoms with Crippen molar-refractivity contribution in [2.75, 3.05) is 26.7 Å². The Bertz CT molecular complexity index is 262. The van der Waals surface area contributed by atoms with Crippen molar-refractivity contribution in [1.82, 2.24) is 10.2 Å². The van der Waals surface area contributed by atoms with Gasteiger partial charge >= 0.3 is 0 Å². The van der Waals surface area contributed by atoms with Gasteiger partial charge in [-0.15, -0.1) is 0 Å². The smallest absolute Gasteiger partial charge is 0.0124 e. The number of hydrogen-bond acceptors (Lipinski definition) is 2. The van der Waals surface area contributed by atoms with E-state index in [1.54, 1.807) is 0 Å². The third-order valence-corrected chi connectivity index (χ3v) is 6.01. The van der Waals surface area contributed by atoms with Crippen LogP contribution in [0.15, 0.2) is 0 Å². The van der Waals surface area contributed by atoms with Gasteiger partial charge in [0.2, 0.25) is 0 Å². The van der Waals surface area contributed by atoms with Crippen LogP contribution in [0.5, 0.6) is 0 Å². The van der Waals surface area contributed by atoms with E-state index < -0.39 is 0 Å². The average Bonchev–Trinajstić information content (AvgIpc) is 2.41. The van der Waals surface area contributed by atoms with Gasteiger partial charge in [0.25, 0.3) is 0 Å². The normalized spacial score (nSPS) is 33.5. The van der Waals surface area contributed by atoms with E-state index in [9.17, 15) is 0 Å². The lowest BCUT2D eigenvalue weighted by atomic mass is 9.57. The molecule has 1 heterocycles. The largest absolute Gasteiger partial charge is 0.313 e. The van der Waals surface area contributed by atoms with E-state index in [1.807, 2.05) is 0 Å². The van der Waals surface area contributed by atoms with Crippen molar-refractivity contribution in [2.45, 2.75) is 63.8 Å². The molecule has 1 spiro atoms. The van der Waals surface area contributed by atoms with Crippen molar-refractivity contribution in [3.05, 3.63) is 0 Å². The molecule has 0 aromatic rings. The summed E-state index contributed by atoms with van der Waals surface area (Å²) >= 11 is 0. The maximum atomic E-state index is 3.95. The van der Waals surface area contributed by atoms with Crippen LogP contribution in [0.4, 0.5) is 0 Å². The zero-order chi connectivity index (χ0) is 12.4. The summed E-state index contributed by atoms with van der Waals surface area (Å²) < 4.78 is 0. The number of rotatable bonds is 3. The molecule has 3 fully saturated rings. The molecule has 104 valence electrons. The van der Waals surface area contributed by atoms with Crippen LogP contribution < -0.4 is 5.32 Å². The van der Waals surface area contributed by atoms with Gasteiger partial charge in [0.05, 0.1) is 0 Å². The van der Waals surface area contributed by atoms with Crippen molar-refractivity contribution in [2.24, 2.45) is 11.3 Å². The summed E-state index contributed by atoms with van der Waals surface area (Å²) in [6.45, 7) is 3.91. The summed E-state index contributed by atoms with van der Waals surface area (Å²) in [6.07, 6.45) is 13.3. The molecule has 2 heteroatoms. The fourth-order valence-corrected chi connectivity index (χ4v) is 4.44. The summed E-state index contributed by atoms with van der Waals surface area (Å²) in [5, 5.41) is 3.95. The Balaban J connectivity index is 1.43. The van der Waals surface area contributed by atoms with Crippen LogP contribution >= 0.6 is 0 Å². The van der Waals surface area contributed by atoms with Crippen LogP contribution in [0.2, 0.25) is 0 Å². The zero-order valence-electron chi connectivity index (χ0n) is 12.1.